The second-order valence-electron chi connectivity index (χ2n) is 9.60. The van der Waals surface area contributed by atoms with Crippen molar-refractivity contribution in [3.8, 4) is 5.88 Å². The summed E-state index contributed by atoms with van der Waals surface area (Å²) in [6, 6.07) is 9.57. The number of hydrogen-bond donors (Lipinski definition) is 1. The zero-order valence-corrected chi connectivity index (χ0v) is 24.4. The molecule has 12 nitrogen and oxygen atoms in total. The Hall–Kier alpha value is -3.50. The van der Waals surface area contributed by atoms with Crippen LogP contribution in [-0.4, -0.2) is 84.6 Å². The van der Waals surface area contributed by atoms with Gasteiger partial charge in [0.05, 0.1) is 16.8 Å². The highest BCUT2D eigenvalue weighted by Gasteiger charge is 2.31. The summed E-state index contributed by atoms with van der Waals surface area (Å²) in [5.74, 6) is -0.0638. The molecule has 1 atom stereocenters. The lowest BCUT2D eigenvalue weighted by molar-refractivity contribution is -0.110. The van der Waals surface area contributed by atoms with E-state index in [-0.39, 0.29) is 29.9 Å². The van der Waals surface area contributed by atoms with Gasteiger partial charge >= 0.3 is 0 Å². The van der Waals surface area contributed by atoms with Crippen LogP contribution >= 0.6 is 22.7 Å². The van der Waals surface area contributed by atoms with Gasteiger partial charge in [-0.3, -0.25) is 15.0 Å². The van der Waals surface area contributed by atoms with Gasteiger partial charge in [0.25, 0.3) is 5.91 Å². The SMILES string of the molecule is CN1CC(Oc2ccc3nc(NC(=O)/C(=N/OCc4nccs4)c4ccc(S(=O)(=O)[C@H]5CCOC5)cc4)sc3n2)C1. The Kier molecular flexibility index (Phi) is 7.94. The van der Waals surface area contributed by atoms with Crippen LogP contribution in [0.5, 0.6) is 5.88 Å². The third-order valence-corrected chi connectivity index (χ3v) is 10.4. The van der Waals surface area contributed by atoms with Crippen LogP contribution in [-0.2, 0) is 30.8 Å². The first-order valence-corrected chi connectivity index (χ1v) is 16.0. The van der Waals surface area contributed by atoms with Gasteiger partial charge < -0.3 is 14.3 Å². The molecule has 0 aliphatic carbocycles. The Bertz CT molecular complexity index is 1660. The van der Waals surface area contributed by atoms with Gasteiger partial charge in [-0.1, -0.05) is 28.6 Å². The second kappa shape index (κ2) is 11.8. The van der Waals surface area contributed by atoms with E-state index in [0.29, 0.717) is 45.0 Å². The smallest absolute Gasteiger partial charge is 0.280 e. The number of rotatable bonds is 10. The molecule has 2 fully saturated rings. The summed E-state index contributed by atoms with van der Waals surface area (Å²) in [4.78, 5) is 35.0. The minimum absolute atomic E-state index is 0.0416. The Morgan fingerprint density at radius 3 is 2.73 bits per heavy atom. The largest absolute Gasteiger partial charge is 0.472 e. The Labute approximate surface area is 243 Å². The number of hydrogen-bond acceptors (Lipinski definition) is 13. The summed E-state index contributed by atoms with van der Waals surface area (Å²) < 4.78 is 37.1. The first-order chi connectivity index (χ1) is 19.8. The van der Waals surface area contributed by atoms with E-state index in [1.165, 1.54) is 46.9 Å². The summed E-state index contributed by atoms with van der Waals surface area (Å²) in [5.41, 5.74) is 0.955. The molecule has 15 heteroatoms. The Morgan fingerprint density at radius 1 is 1.20 bits per heavy atom. The van der Waals surface area contributed by atoms with Crippen LogP contribution in [0.4, 0.5) is 5.13 Å². The molecule has 2 saturated heterocycles. The predicted octanol–water partition coefficient (Wildman–Crippen LogP) is 2.96. The molecular formula is C26H26N6O6S3. The van der Waals surface area contributed by atoms with E-state index in [1.807, 2.05) is 12.4 Å². The molecule has 0 unspecified atom stereocenters. The Morgan fingerprint density at radius 2 is 2.02 bits per heavy atom. The van der Waals surface area contributed by atoms with Crippen molar-refractivity contribution < 1.29 is 27.5 Å². The van der Waals surface area contributed by atoms with Crippen LogP contribution in [0, 0.1) is 0 Å². The number of anilines is 1. The standard InChI is InChI=1S/C26H26N6O6S3/c1-32-12-17(13-32)38-21-7-6-20-25(29-21)40-26(28-20)30-24(33)23(31-37-15-22-27-9-11-39-22)16-2-4-18(5-3-16)41(34,35)19-8-10-36-14-19/h2-7,9,11,17,19H,8,10,12-15H2,1H3,(H,28,30,33)/b31-23+/t19-/m0/s1. The number of nitrogens with one attached hydrogen (secondary N) is 1. The van der Waals surface area contributed by atoms with Gasteiger partial charge in [-0.05, 0) is 31.7 Å². The molecule has 0 bridgehead atoms. The number of benzene rings is 1. The van der Waals surface area contributed by atoms with Gasteiger partial charge in [-0.25, -0.2) is 23.4 Å². The average molecular weight is 615 g/mol. The monoisotopic (exact) mass is 614 g/mol. The van der Waals surface area contributed by atoms with Gasteiger partial charge in [0.1, 0.15) is 21.5 Å². The number of carbonyl (C=O) groups is 1. The summed E-state index contributed by atoms with van der Waals surface area (Å²) in [6.45, 7) is 2.36. The maximum absolute atomic E-state index is 13.4. The summed E-state index contributed by atoms with van der Waals surface area (Å²) in [5, 5.41) is 9.12. The lowest BCUT2D eigenvalue weighted by Gasteiger charge is -2.35. The highest BCUT2D eigenvalue weighted by atomic mass is 32.2. The number of fused-ring (bicyclic) bond motifs is 1. The molecule has 6 rings (SSSR count). The number of likely N-dealkylation sites (tertiary alicyclic amines) is 1. The molecule has 5 heterocycles. The molecule has 1 N–H and O–H groups in total. The number of aromatic nitrogens is 3. The van der Waals surface area contributed by atoms with E-state index in [2.05, 4.69) is 30.3 Å². The van der Waals surface area contributed by atoms with Crippen LogP contribution in [0.15, 0.2) is 58.0 Å². The van der Waals surface area contributed by atoms with Crippen molar-refractivity contribution in [2.24, 2.45) is 5.16 Å². The van der Waals surface area contributed by atoms with E-state index in [1.54, 1.807) is 18.3 Å². The summed E-state index contributed by atoms with van der Waals surface area (Å²) in [7, 11) is -1.53. The predicted molar refractivity (Wildman–Crippen MR) is 154 cm³/mol. The topological polar surface area (TPSA) is 145 Å². The van der Waals surface area contributed by atoms with Crippen molar-refractivity contribution in [2.45, 2.75) is 29.3 Å². The zero-order valence-electron chi connectivity index (χ0n) is 21.9. The Balaban J connectivity index is 1.21. The average Bonchev–Trinajstić information content (AvgIpc) is 3.73. The molecule has 4 aromatic rings. The molecule has 41 heavy (non-hydrogen) atoms. The van der Waals surface area contributed by atoms with Crippen molar-refractivity contribution in [3.05, 3.63) is 58.5 Å². The van der Waals surface area contributed by atoms with Crippen LogP contribution in [0.1, 0.15) is 17.0 Å². The molecule has 3 aromatic heterocycles. The normalized spacial score (nSPS) is 18.4. The third-order valence-electron chi connectivity index (χ3n) is 6.59. The van der Waals surface area contributed by atoms with Crippen LogP contribution < -0.4 is 10.1 Å². The number of pyridine rings is 1. The fourth-order valence-corrected chi connectivity index (χ4v) is 7.34. The number of ether oxygens (including phenoxy) is 2. The fourth-order valence-electron chi connectivity index (χ4n) is 4.42. The van der Waals surface area contributed by atoms with E-state index in [0.717, 1.165) is 13.1 Å². The van der Waals surface area contributed by atoms with Crippen LogP contribution in [0.2, 0.25) is 0 Å². The van der Waals surface area contributed by atoms with Gasteiger partial charge in [-0.2, -0.15) is 0 Å². The number of likely N-dealkylation sites (N-methyl/N-ethyl adjacent to an activating group) is 1. The van der Waals surface area contributed by atoms with E-state index in [9.17, 15) is 13.2 Å². The molecule has 1 aromatic carbocycles. The maximum Gasteiger partial charge on any atom is 0.280 e. The highest BCUT2D eigenvalue weighted by molar-refractivity contribution is 7.92. The first-order valence-electron chi connectivity index (χ1n) is 12.8. The number of nitrogens with zero attached hydrogens (tertiary/aromatic N) is 5. The second-order valence-corrected chi connectivity index (χ2v) is 13.8. The van der Waals surface area contributed by atoms with Crippen molar-refractivity contribution in [3.63, 3.8) is 0 Å². The minimum Gasteiger partial charge on any atom is -0.472 e. The van der Waals surface area contributed by atoms with Crippen LogP contribution in [0.25, 0.3) is 10.3 Å². The number of thiazole rings is 2. The van der Waals surface area contributed by atoms with E-state index < -0.39 is 21.0 Å². The lowest BCUT2D eigenvalue weighted by atomic mass is 10.1. The summed E-state index contributed by atoms with van der Waals surface area (Å²) >= 11 is 2.61. The van der Waals surface area contributed by atoms with Crippen molar-refractivity contribution in [2.75, 3.05) is 38.7 Å². The first kappa shape index (κ1) is 27.7. The molecule has 2 aliphatic heterocycles. The number of amides is 1. The van der Waals surface area contributed by atoms with Gasteiger partial charge in [-0.15, -0.1) is 11.3 Å². The molecule has 0 radical (unpaired) electrons. The molecule has 2 aliphatic rings. The molecule has 0 saturated carbocycles. The van der Waals surface area contributed by atoms with Crippen molar-refractivity contribution in [1.29, 1.82) is 0 Å². The number of sulfone groups is 1. The van der Waals surface area contributed by atoms with Gasteiger partial charge in [0.2, 0.25) is 5.88 Å². The van der Waals surface area contributed by atoms with Crippen molar-refractivity contribution >= 4 is 59.6 Å². The molecule has 214 valence electrons. The quantitative estimate of drug-likeness (QED) is 0.209. The van der Waals surface area contributed by atoms with E-state index in [4.69, 9.17) is 14.3 Å². The molecule has 1 amide bonds. The number of oxime groups is 1. The van der Waals surface area contributed by atoms with Crippen molar-refractivity contribution in [1.82, 2.24) is 19.9 Å². The lowest BCUT2D eigenvalue weighted by Crippen LogP contribution is -2.51. The maximum atomic E-state index is 13.4. The highest BCUT2D eigenvalue weighted by Crippen LogP contribution is 2.28. The fraction of sp³-hybridized carbons (Fsp3) is 0.346. The van der Waals surface area contributed by atoms with Crippen LogP contribution in [0.3, 0.4) is 0 Å². The van der Waals surface area contributed by atoms with Gasteiger partial charge in [0, 0.05) is 42.9 Å². The van der Waals surface area contributed by atoms with E-state index >= 15 is 0 Å². The third kappa shape index (κ3) is 6.23. The molecule has 0 spiro atoms. The molecular weight excluding hydrogens is 589 g/mol. The minimum atomic E-state index is -3.55. The zero-order chi connectivity index (χ0) is 28.4. The van der Waals surface area contributed by atoms with Gasteiger partial charge in [0.15, 0.2) is 27.3 Å². The number of carbonyl (C=O) groups excluding carboxylic acids is 1. The summed E-state index contributed by atoms with van der Waals surface area (Å²) in [6.07, 6.45) is 2.21.